The molecule has 0 aromatic heterocycles. The van der Waals surface area contributed by atoms with Gasteiger partial charge in [0.15, 0.2) is 0 Å². The number of alkyl halides is 4. The second-order valence-electron chi connectivity index (χ2n) is 2.75. The van der Waals surface area contributed by atoms with Crippen molar-refractivity contribution in [2.45, 2.75) is 39.5 Å². The van der Waals surface area contributed by atoms with E-state index in [2.05, 4.69) is 0 Å². The van der Waals surface area contributed by atoms with Crippen molar-refractivity contribution in [2.75, 3.05) is 0 Å². The van der Waals surface area contributed by atoms with Crippen LogP contribution in [0.1, 0.15) is 26.7 Å². The van der Waals surface area contributed by atoms with Gasteiger partial charge in [0.25, 0.3) is 0 Å². The maximum atomic E-state index is 11.8. The van der Waals surface area contributed by atoms with E-state index in [0.717, 1.165) is 0 Å². The lowest BCUT2D eigenvalue weighted by molar-refractivity contribution is 0.142. The van der Waals surface area contributed by atoms with Crippen molar-refractivity contribution in [2.24, 2.45) is 0 Å². The summed E-state index contributed by atoms with van der Waals surface area (Å²) in [6, 6.07) is 0. The van der Waals surface area contributed by atoms with Crippen molar-refractivity contribution >= 4 is 0 Å². The van der Waals surface area contributed by atoms with Gasteiger partial charge >= 0.3 is 0 Å². The molecule has 4 heteroatoms. The predicted octanol–water partition coefficient (Wildman–Crippen LogP) is 3.63. The van der Waals surface area contributed by atoms with Gasteiger partial charge in [-0.2, -0.15) is 0 Å². The van der Waals surface area contributed by atoms with Crippen LogP contribution in [0.5, 0.6) is 0 Å². The van der Waals surface area contributed by atoms with E-state index in [-0.39, 0.29) is 0 Å². The largest absolute Gasteiger partial charge is 0.242 e. The summed E-state index contributed by atoms with van der Waals surface area (Å²) in [6.07, 6.45) is -5.70. The molecule has 0 aliphatic carbocycles. The van der Waals surface area contributed by atoms with Crippen molar-refractivity contribution < 1.29 is 17.6 Å². The maximum Gasteiger partial charge on any atom is 0.242 e. The Bertz CT molecular complexity index is 142. The van der Waals surface area contributed by atoms with Crippen LogP contribution in [0.15, 0.2) is 11.1 Å². The number of halogens is 4. The quantitative estimate of drug-likeness (QED) is 0.462. The van der Waals surface area contributed by atoms with Gasteiger partial charge in [0.2, 0.25) is 12.9 Å². The highest BCUT2D eigenvalue weighted by Crippen LogP contribution is 2.18. The zero-order valence-corrected chi connectivity index (χ0v) is 7.08. The molecule has 0 aliphatic heterocycles. The summed E-state index contributed by atoms with van der Waals surface area (Å²) >= 11 is 0. The SMILES string of the molecule is C/C(CC(F)F)=C(/C)CC(F)F. The Hall–Kier alpha value is -0.540. The summed E-state index contributed by atoms with van der Waals surface area (Å²) in [6.45, 7) is 2.92. The van der Waals surface area contributed by atoms with Gasteiger partial charge in [-0.3, -0.25) is 0 Å². The number of hydrogen-bond acceptors (Lipinski definition) is 0. The molecule has 0 atom stereocenters. The van der Waals surface area contributed by atoms with Gasteiger partial charge in [0.1, 0.15) is 0 Å². The molecule has 72 valence electrons. The first kappa shape index (κ1) is 11.5. The smallest absolute Gasteiger partial charge is 0.210 e. The molecule has 0 saturated carbocycles. The standard InChI is InChI=1S/C8H12F4/c1-5(3-7(9)10)6(2)4-8(11)12/h7-8H,3-4H2,1-2H3/b6-5+. The van der Waals surface area contributed by atoms with Crippen LogP contribution in [0, 0.1) is 0 Å². The van der Waals surface area contributed by atoms with E-state index in [9.17, 15) is 17.6 Å². The molecule has 0 amide bonds. The van der Waals surface area contributed by atoms with Crippen LogP contribution in [0.25, 0.3) is 0 Å². The van der Waals surface area contributed by atoms with E-state index in [0.29, 0.717) is 11.1 Å². The second kappa shape index (κ2) is 5.17. The molecular formula is C8H12F4. The Morgan fingerprint density at radius 2 is 1.08 bits per heavy atom. The molecule has 0 unspecified atom stereocenters. The zero-order chi connectivity index (χ0) is 9.72. The van der Waals surface area contributed by atoms with Gasteiger partial charge < -0.3 is 0 Å². The zero-order valence-electron chi connectivity index (χ0n) is 7.08. The average molecular weight is 184 g/mol. The van der Waals surface area contributed by atoms with Crippen LogP contribution in [0.3, 0.4) is 0 Å². The lowest BCUT2D eigenvalue weighted by Crippen LogP contribution is -1.97. The van der Waals surface area contributed by atoms with Gasteiger partial charge in [-0.25, -0.2) is 17.6 Å². The van der Waals surface area contributed by atoms with E-state index < -0.39 is 25.7 Å². The Labute approximate surface area is 69.3 Å². The molecular weight excluding hydrogens is 172 g/mol. The Morgan fingerprint density at radius 3 is 1.25 bits per heavy atom. The molecule has 12 heavy (non-hydrogen) atoms. The monoisotopic (exact) mass is 184 g/mol. The number of rotatable bonds is 4. The minimum Gasteiger partial charge on any atom is -0.210 e. The molecule has 0 heterocycles. The third-order valence-electron chi connectivity index (χ3n) is 1.65. The Balaban J connectivity index is 4.06. The van der Waals surface area contributed by atoms with Crippen LogP contribution in [0.4, 0.5) is 17.6 Å². The summed E-state index contributed by atoms with van der Waals surface area (Å²) in [5, 5.41) is 0. The molecule has 0 bridgehead atoms. The highest BCUT2D eigenvalue weighted by Gasteiger charge is 2.09. The molecule has 0 fully saturated rings. The topological polar surface area (TPSA) is 0 Å². The van der Waals surface area contributed by atoms with Crippen LogP contribution in [-0.4, -0.2) is 12.9 Å². The molecule has 0 aromatic carbocycles. The van der Waals surface area contributed by atoms with Crippen molar-refractivity contribution in [3.8, 4) is 0 Å². The van der Waals surface area contributed by atoms with Gasteiger partial charge in [-0.1, -0.05) is 11.1 Å². The van der Waals surface area contributed by atoms with Gasteiger partial charge in [0, 0.05) is 12.8 Å². The fourth-order valence-electron chi connectivity index (χ4n) is 0.811. The van der Waals surface area contributed by atoms with Gasteiger partial charge in [-0.15, -0.1) is 0 Å². The third-order valence-corrected chi connectivity index (χ3v) is 1.65. The van der Waals surface area contributed by atoms with Crippen molar-refractivity contribution in [1.29, 1.82) is 0 Å². The average Bonchev–Trinajstić information content (AvgIpc) is 1.84. The van der Waals surface area contributed by atoms with E-state index in [1.165, 1.54) is 13.8 Å². The summed E-state index contributed by atoms with van der Waals surface area (Å²) in [5.74, 6) is 0. The molecule has 0 N–H and O–H groups in total. The van der Waals surface area contributed by atoms with E-state index >= 15 is 0 Å². The third kappa shape index (κ3) is 5.16. The van der Waals surface area contributed by atoms with Crippen LogP contribution in [-0.2, 0) is 0 Å². The number of allylic oxidation sites excluding steroid dienone is 2. The van der Waals surface area contributed by atoms with Crippen LogP contribution < -0.4 is 0 Å². The molecule has 0 nitrogen and oxygen atoms in total. The number of hydrogen-bond donors (Lipinski definition) is 0. The molecule has 0 spiro atoms. The Morgan fingerprint density at radius 1 is 0.833 bits per heavy atom. The summed E-state index contributed by atoms with van der Waals surface area (Å²) in [5.41, 5.74) is 0.732. The lowest BCUT2D eigenvalue weighted by Gasteiger charge is -2.06. The van der Waals surface area contributed by atoms with Crippen molar-refractivity contribution in [1.82, 2.24) is 0 Å². The Kier molecular flexibility index (Phi) is 4.93. The van der Waals surface area contributed by atoms with Crippen LogP contribution >= 0.6 is 0 Å². The molecule has 0 rings (SSSR count). The van der Waals surface area contributed by atoms with Gasteiger partial charge in [0.05, 0.1) is 0 Å². The van der Waals surface area contributed by atoms with Crippen molar-refractivity contribution in [3.63, 3.8) is 0 Å². The minimum atomic E-state index is -2.45. The maximum absolute atomic E-state index is 11.8. The molecule has 0 aromatic rings. The predicted molar refractivity (Wildman–Crippen MR) is 39.6 cm³/mol. The fraction of sp³-hybridized carbons (Fsp3) is 0.750. The van der Waals surface area contributed by atoms with E-state index in [4.69, 9.17) is 0 Å². The van der Waals surface area contributed by atoms with Crippen LogP contribution in [0.2, 0.25) is 0 Å². The highest BCUT2D eigenvalue weighted by molar-refractivity contribution is 5.10. The van der Waals surface area contributed by atoms with E-state index in [1.54, 1.807) is 0 Å². The first-order valence-electron chi connectivity index (χ1n) is 3.65. The van der Waals surface area contributed by atoms with E-state index in [1.807, 2.05) is 0 Å². The minimum absolute atomic E-state index is 0.366. The summed E-state index contributed by atoms with van der Waals surface area (Å²) in [4.78, 5) is 0. The molecule has 0 saturated heterocycles. The molecule has 0 aliphatic rings. The second-order valence-corrected chi connectivity index (χ2v) is 2.75. The first-order chi connectivity index (χ1) is 5.43. The lowest BCUT2D eigenvalue weighted by atomic mass is 10.1. The molecule has 0 radical (unpaired) electrons. The van der Waals surface area contributed by atoms with Crippen molar-refractivity contribution in [3.05, 3.63) is 11.1 Å². The summed E-state index contributed by atoms with van der Waals surface area (Å²) < 4.78 is 47.0. The summed E-state index contributed by atoms with van der Waals surface area (Å²) in [7, 11) is 0. The fourth-order valence-corrected chi connectivity index (χ4v) is 0.811. The normalized spacial score (nSPS) is 14.0. The first-order valence-corrected chi connectivity index (χ1v) is 3.65. The van der Waals surface area contributed by atoms with Gasteiger partial charge in [-0.05, 0) is 13.8 Å². The highest BCUT2D eigenvalue weighted by atomic mass is 19.3.